The third kappa shape index (κ3) is 19.2. The number of amides is 4. The summed E-state index contributed by atoms with van der Waals surface area (Å²) in [7, 11) is 0. The smallest absolute Gasteiger partial charge is 0.282 e. The Bertz CT molecular complexity index is 6530. The maximum Gasteiger partial charge on any atom is 0.282 e. The third-order valence-electron chi connectivity index (χ3n) is 26.7. The molecule has 4 amide bonds. The zero-order chi connectivity index (χ0) is 98.5. The highest BCUT2D eigenvalue weighted by molar-refractivity contribution is 5.95. The Morgan fingerprint density at radius 2 is 0.580 bits per heavy atom. The van der Waals surface area contributed by atoms with Crippen LogP contribution in [-0.2, 0) is 19.2 Å². The molecule has 0 spiro atoms. The molecular formula is C100H110F4N22O12. The second kappa shape index (κ2) is 41.6. The molecule has 18 rings (SSSR count). The van der Waals surface area contributed by atoms with Gasteiger partial charge in [0.05, 0.1) is 21.5 Å². The standard InChI is InChI=1S/2C29H35FN6O3.2C21H20FN5O3/c2*1-5-24(38)34-11-13-35(14-12-34)28-21-15-18(4)36(26-22(30)9-8-10-23(26)37)29(39)25(21)31-27(32-28)19-16-20(17-19)33(6-2)7-3;2*1-3-17(29)25-7-9-26(10-8-25)20-14-11-13(2)27(21(30)18(14)23-12-24-20)19-15(22)5-4-6-16(19)28/h2*5,8-10,15,19-20,37H,1,6-7,11-14,16-17H2,2-4H3;2*3-6,11-12,28H,1,7-10H2,2H3. The molecule has 0 bridgehead atoms. The van der Waals surface area contributed by atoms with E-state index in [-0.39, 0.29) is 103 Å². The molecule has 2 aliphatic carbocycles. The number of carbonyl (C=O) groups is 4. The van der Waals surface area contributed by atoms with E-state index in [9.17, 15) is 76.3 Å². The van der Waals surface area contributed by atoms with Crippen molar-refractivity contribution in [2.45, 2.75) is 105 Å². The van der Waals surface area contributed by atoms with Crippen LogP contribution >= 0.6 is 0 Å². The molecule has 34 nitrogen and oxygen atoms in total. The summed E-state index contributed by atoms with van der Waals surface area (Å²) in [4.78, 5) is 158. The topological polar surface area (TPSA) is 373 Å². The average Bonchev–Trinajstić information content (AvgIpc) is 0.734. The summed E-state index contributed by atoms with van der Waals surface area (Å²) in [5.74, 6) is -0.693. The number of hydrogen-bond acceptors (Lipinski definition) is 26. The van der Waals surface area contributed by atoms with Crippen LogP contribution in [0.3, 0.4) is 0 Å². The van der Waals surface area contributed by atoms with Gasteiger partial charge in [0.15, 0.2) is 23.3 Å². The number of rotatable bonds is 20. The van der Waals surface area contributed by atoms with Gasteiger partial charge in [-0.15, -0.1) is 0 Å². The van der Waals surface area contributed by atoms with Gasteiger partial charge in [-0.1, -0.05) is 78.3 Å². The van der Waals surface area contributed by atoms with Crippen molar-refractivity contribution in [3.8, 4) is 45.7 Å². The van der Waals surface area contributed by atoms with E-state index < -0.39 is 45.5 Å². The number of pyridine rings is 4. The summed E-state index contributed by atoms with van der Waals surface area (Å²) < 4.78 is 63.1. The fourth-order valence-electron chi connectivity index (χ4n) is 19.2. The second-order valence-electron chi connectivity index (χ2n) is 34.5. The van der Waals surface area contributed by atoms with Gasteiger partial charge in [-0.25, -0.2) is 57.4 Å². The minimum atomic E-state index is -0.711. The third-order valence-corrected chi connectivity index (χ3v) is 26.7. The highest BCUT2D eigenvalue weighted by Gasteiger charge is 2.40. The lowest BCUT2D eigenvalue weighted by atomic mass is 9.78. The van der Waals surface area contributed by atoms with Gasteiger partial charge < -0.3 is 69.4 Å². The van der Waals surface area contributed by atoms with Crippen LogP contribution < -0.4 is 41.8 Å². The monoisotopic (exact) mass is 1890 g/mol. The molecule has 4 saturated heterocycles. The number of aromatic hydroxyl groups is 4. The van der Waals surface area contributed by atoms with Gasteiger partial charge in [0.1, 0.15) is 115 Å². The number of para-hydroxylation sites is 4. The van der Waals surface area contributed by atoms with Crippen LogP contribution in [0.2, 0.25) is 0 Å². The quantitative estimate of drug-likeness (QED) is 0.0407. The molecule has 12 heterocycles. The fourth-order valence-corrected chi connectivity index (χ4v) is 19.2. The highest BCUT2D eigenvalue weighted by Crippen LogP contribution is 2.43. The van der Waals surface area contributed by atoms with E-state index >= 15 is 0 Å². The number of hydrogen-bond donors (Lipinski definition) is 4. The number of phenols is 4. The number of aryl methyl sites for hydroxylation is 4. The second-order valence-corrected chi connectivity index (χ2v) is 34.5. The minimum Gasteiger partial charge on any atom is -0.506 e. The Morgan fingerprint density at radius 3 is 0.812 bits per heavy atom. The van der Waals surface area contributed by atoms with E-state index in [0.29, 0.717) is 196 Å². The Hall–Kier alpha value is -15.1. The van der Waals surface area contributed by atoms with E-state index in [4.69, 9.17) is 19.9 Å². The van der Waals surface area contributed by atoms with Crippen LogP contribution in [0.25, 0.3) is 66.4 Å². The molecule has 12 aromatic rings. The maximum absolute atomic E-state index is 14.8. The molecular weight excluding hydrogens is 1780 g/mol. The van der Waals surface area contributed by atoms with Crippen LogP contribution in [0.5, 0.6) is 23.0 Å². The van der Waals surface area contributed by atoms with Gasteiger partial charge in [0, 0.05) is 151 Å². The van der Waals surface area contributed by atoms with Crippen molar-refractivity contribution in [2.24, 2.45) is 0 Å². The van der Waals surface area contributed by atoms with E-state index in [0.717, 1.165) is 61.0 Å². The first kappa shape index (κ1) is 97.5. The predicted octanol–water partition coefficient (Wildman–Crippen LogP) is 10.2. The molecule has 8 aromatic heterocycles. The van der Waals surface area contributed by atoms with Crippen molar-refractivity contribution in [2.75, 3.05) is 150 Å². The summed E-state index contributed by atoms with van der Waals surface area (Å²) in [5.41, 5.74) is -0.488. The van der Waals surface area contributed by atoms with Crippen molar-refractivity contribution < 1.29 is 57.2 Å². The number of nitrogens with zero attached hydrogens (tertiary/aromatic N) is 22. The molecule has 4 N–H and O–H groups in total. The van der Waals surface area contributed by atoms with Crippen molar-refractivity contribution in [3.63, 3.8) is 0 Å². The summed E-state index contributed by atoms with van der Waals surface area (Å²) in [6.45, 7) is 41.9. The number of anilines is 4. The predicted molar refractivity (Wildman–Crippen MR) is 519 cm³/mol. The first-order valence-corrected chi connectivity index (χ1v) is 46.1. The first-order valence-electron chi connectivity index (χ1n) is 46.1. The first-order chi connectivity index (χ1) is 66.4. The minimum absolute atomic E-state index is 0.108. The van der Waals surface area contributed by atoms with E-state index in [1.165, 1.54) is 119 Å². The number of benzene rings is 4. The lowest BCUT2D eigenvalue weighted by molar-refractivity contribution is -0.127. The van der Waals surface area contributed by atoms with Gasteiger partial charge in [0.2, 0.25) is 23.6 Å². The van der Waals surface area contributed by atoms with Crippen LogP contribution in [0, 0.1) is 51.0 Å². The van der Waals surface area contributed by atoms with Crippen molar-refractivity contribution in [1.29, 1.82) is 0 Å². The molecule has 0 unspecified atom stereocenters. The Kier molecular flexibility index (Phi) is 29.4. The fraction of sp³-hybridized carbons (Fsp3) is 0.360. The summed E-state index contributed by atoms with van der Waals surface area (Å²) in [5, 5.41) is 43.4. The molecule has 720 valence electrons. The molecule has 0 radical (unpaired) electrons. The van der Waals surface area contributed by atoms with Crippen molar-refractivity contribution >= 4 is 90.5 Å². The number of piperazine rings is 4. The highest BCUT2D eigenvalue weighted by atomic mass is 19.1. The van der Waals surface area contributed by atoms with Crippen LogP contribution in [-0.4, -0.2) is 275 Å². The Morgan fingerprint density at radius 1 is 0.348 bits per heavy atom. The summed E-state index contributed by atoms with van der Waals surface area (Å²) >= 11 is 0. The van der Waals surface area contributed by atoms with Crippen LogP contribution in [0.15, 0.2) is 180 Å². The van der Waals surface area contributed by atoms with Gasteiger partial charge in [-0.3, -0.25) is 56.6 Å². The number of aromatic nitrogens is 12. The lowest BCUT2D eigenvalue weighted by Gasteiger charge is -2.42. The molecule has 38 heteroatoms. The molecule has 6 aliphatic rings. The van der Waals surface area contributed by atoms with Crippen molar-refractivity contribution in [1.82, 2.24) is 87.5 Å². The van der Waals surface area contributed by atoms with Gasteiger partial charge in [0.25, 0.3) is 22.2 Å². The number of carbonyl (C=O) groups excluding carboxylic acids is 4. The number of halogens is 4. The molecule has 138 heavy (non-hydrogen) atoms. The Labute approximate surface area is 792 Å². The van der Waals surface area contributed by atoms with Gasteiger partial charge >= 0.3 is 0 Å². The van der Waals surface area contributed by atoms with Crippen LogP contribution in [0.4, 0.5) is 40.8 Å². The maximum atomic E-state index is 14.8. The molecule has 4 aliphatic heterocycles. The van der Waals surface area contributed by atoms with E-state index in [2.05, 4.69) is 93.5 Å². The molecule has 4 aromatic carbocycles. The molecule has 0 atom stereocenters. The lowest BCUT2D eigenvalue weighted by Crippen LogP contribution is -2.49. The zero-order valence-corrected chi connectivity index (χ0v) is 78.2. The Balaban J connectivity index is 0.000000141. The van der Waals surface area contributed by atoms with E-state index in [1.807, 2.05) is 9.80 Å². The number of phenolic OH excluding ortho intramolecular Hbond substituents is 4. The average molecular weight is 1890 g/mol. The zero-order valence-electron chi connectivity index (χ0n) is 78.2. The molecule has 2 saturated carbocycles. The van der Waals surface area contributed by atoms with Crippen molar-refractivity contribution in [3.05, 3.63) is 259 Å². The van der Waals surface area contributed by atoms with E-state index in [1.54, 1.807) is 71.6 Å². The van der Waals surface area contributed by atoms with Gasteiger partial charge in [-0.05, 0) is 177 Å². The largest absolute Gasteiger partial charge is 0.506 e. The van der Waals surface area contributed by atoms with Gasteiger partial charge in [-0.2, -0.15) is 0 Å². The van der Waals surface area contributed by atoms with Crippen LogP contribution in [0.1, 0.15) is 99.6 Å². The normalized spacial score (nSPS) is 17.1. The number of fused-ring (bicyclic) bond motifs is 4. The molecule has 6 fully saturated rings. The summed E-state index contributed by atoms with van der Waals surface area (Å²) in [6.07, 6.45) is 11.4. The SMILES string of the molecule is C=CC(=O)N1CCN(c2nc(C3CC(N(CC)CC)C3)nc3c(=O)n(-c4c(O)cccc4F)c(C)cc23)CC1.C=CC(=O)N1CCN(c2nc(C3CC(N(CC)CC)C3)nc3c(=O)n(-c4c(O)cccc4F)c(C)cc23)CC1.C=CC(=O)N1CCN(c2ncnc3c(=O)n(-c4c(O)cccc4F)c(C)cc23)CC1.C=CC(=O)N1CCN(c2ncnc3c(=O)n(-c4c(O)cccc4F)c(C)cc23)CC1. The summed E-state index contributed by atoms with van der Waals surface area (Å²) in [6, 6.07) is 23.6.